The molecule has 0 radical (unpaired) electrons. The van der Waals surface area contributed by atoms with Crippen molar-refractivity contribution in [2.24, 2.45) is 11.0 Å². The summed E-state index contributed by atoms with van der Waals surface area (Å²) in [6.45, 7) is 4.78. The number of quaternary nitrogens is 1. The summed E-state index contributed by atoms with van der Waals surface area (Å²) in [7, 11) is 1.60. The highest BCUT2D eigenvalue weighted by Gasteiger charge is 2.28. The number of carbonyl (C=O) groups is 1. The van der Waals surface area contributed by atoms with E-state index in [1.165, 1.54) is 15.8 Å². The number of rotatable bonds is 7. The third-order valence-corrected chi connectivity index (χ3v) is 5.57. The van der Waals surface area contributed by atoms with Gasteiger partial charge in [0.15, 0.2) is 5.69 Å². The lowest BCUT2D eigenvalue weighted by Gasteiger charge is -2.27. The molecule has 3 heterocycles. The maximum absolute atomic E-state index is 12.9. The molecule has 1 aliphatic heterocycles. The molecule has 3 aromatic rings. The highest BCUT2D eigenvalue weighted by Crippen LogP contribution is 2.16. The maximum atomic E-state index is 12.9. The maximum Gasteiger partial charge on any atom is 0.294 e. The molecule has 0 unspecified atom stereocenters. The zero-order valence-corrected chi connectivity index (χ0v) is 18.0. The Balaban J connectivity index is 1.53. The molecule has 1 saturated heterocycles. The number of hydrogen-bond acceptors (Lipinski definition) is 9. The second-order valence-corrected chi connectivity index (χ2v) is 7.85. The third kappa shape index (κ3) is 4.75. The monoisotopic (exact) mass is 440 g/mol. The van der Waals surface area contributed by atoms with Crippen LogP contribution in [0.5, 0.6) is 5.75 Å². The Hall–Kier alpha value is -3.80. The van der Waals surface area contributed by atoms with Gasteiger partial charge in [0, 0.05) is 0 Å². The predicted molar refractivity (Wildman–Crippen MR) is 114 cm³/mol. The Morgan fingerprint density at radius 3 is 2.75 bits per heavy atom. The van der Waals surface area contributed by atoms with Gasteiger partial charge in [-0.2, -0.15) is 9.78 Å². The fraction of sp³-hybridized carbons (Fsp3) is 0.400. The molecule has 0 saturated carbocycles. The number of hydrazone groups is 1. The molecule has 2 aromatic heterocycles. The van der Waals surface area contributed by atoms with Gasteiger partial charge in [-0.25, -0.2) is 10.1 Å². The molecule has 4 N–H and O–H groups in total. The van der Waals surface area contributed by atoms with E-state index >= 15 is 0 Å². The zero-order chi connectivity index (χ0) is 22.5. The minimum absolute atomic E-state index is 0.0721. The average molecular weight is 440 g/mol. The lowest BCUT2D eigenvalue weighted by Crippen LogP contribution is -3.11. The number of nitrogens with two attached hydrogens (primary N) is 1. The van der Waals surface area contributed by atoms with E-state index in [0.29, 0.717) is 18.2 Å². The van der Waals surface area contributed by atoms with Crippen LogP contribution in [0.2, 0.25) is 0 Å². The lowest BCUT2D eigenvalue weighted by atomic mass is 9.99. The number of carbonyl (C=O) groups excluding carboxylic acids is 1. The fourth-order valence-corrected chi connectivity index (χ4v) is 3.64. The Labute approximate surface area is 184 Å². The molecular weight excluding hydrogens is 414 g/mol. The largest absolute Gasteiger partial charge is 0.497 e. The summed E-state index contributed by atoms with van der Waals surface area (Å²) < 4.78 is 11.3. The van der Waals surface area contributed by atoms with Crippen molar-refractivity contribution in [1.82, 2.24) is 30.7 Å². The summed E-state index contributed by atoms with van der Waals surface area (Å²) in [4.78, 5) is 14.2. The second kappa shape index (κ2) is 9.56. The third-order valence-electron chi connectivity index (χ3n) is 5.57. The summed E-state index contributed by atoms with van der Waals surface area (Å²) in [6, 6.07) is 7.28. The van der Waals surface area contributed by atoms with Crippen molar-refractivity contribution in [3.63, 3.8) is 0 Å². The predicted octanol–water partition coefficient (Wildman–Crippen LogP) is -0.180. The SMILES string of the molecule is COc1ccc(C=NNC(=O)c2nnn(-c3nonc3N)c2C[NH+]2CCC(C)CC2)cc1. The van der Waals surface area contributed by atoms with Gasteiger partial charge >= 0.3 is 0 Å². The molecule has 12 nitrogen and oxygen atoms in total. The number of nitrogens with zero attached hydrogens (tertiary/aromatic N) is 6. The average Bonchev–Trinajstić information content (AvgIpc) is 3.41. The smallest absolute Gasteiger partial charge is 0.294 e. The molecule has 1 amide bonds. The van der Waals surface area contributed by atoms with E-state index in [-0.39, 0.29) is 17.3 Å². The normalized spacial score (nSPS) is 18.7. The van der Waals surface area contributed by atoms with E-state index in [1.54, 1.807) is 7.11 Å². The van der Waals surface area contributed by atoms with Gasteiger partial charge in [-0.15, -0.1) is 5.10 Å². The molecule has 0 aliphatic carbocycles. The van der Waals surface area contributed by atoms with Gasteiger partial charge < -0.3 is 15.4 Å². The number of benzene rings is 1. The number of hydrogen-bond donors (Lipinski definition) is 3. The summed E-state index contributed by atoms with van der Waals surface area (Å²) in [5, 5.41) is 19.6. The molecule has 32 heavy (non-hydrogen) atoms. The van der Waals surface area contributed by atoms with Gasteiger partial charge in [-0.1, -0.05) is 12.1 Å². The van der Waals surface area contributed by atoms with E-state index in [1.807, 2.05) is 24.3 Å². The molecule has 168 valence electrons. The van der Waals surface area contributed by atoms with Crippen molar-refractivity contribution >= 4 is 17.9 Å². The number of likely N-dealkylation sites (tertiary alicyclic amines) is 1. The van der Waals surface area contributed by atoms with Gasteiger partial charge in [0.25, 0.3) is 5.91 Å². The Bertz CT molecular complexity index is 1080. The molecular formula is C20H26N9O3+. The van der Waals surface area contributed by atoms with Crippen LogP contribution >= 0.6 is 0 Å². The fourth-order valence-electron chi connectivity index (χ4n) is 3.64. The van der Waals surface area contributed by atoms with Gasteiger partial charge in [0.1, 0.15) is 18.0 Å². The number of ether oxygens (including phenoxy) is 1. The molecule has 1 aromatic carbocycles. The van der Waals surface area contributed by atoms with E-state index in [9.17, 15) is 4.79 Å². The van der Waals surface area contributed by atoms with Crippen LogP contribution in [0.3, 0.4) is 0 Å². The lowest BCUT2D eigenvalue weighted by molar-refractivity contribution is -0.920. The number of aromatic nitrogens is 5. The number of amides is 1. The molecule has 1 fully saturated rings. The Morgan fingerprint density at radius 2 is 2.09 bits per heavy atom. The van der Waals surface area contributed by atoms with E-state index < -0.39 is 5.91 Å². The first kappa shape index (κ1) is 21.4. The van der Waals surface area contributed by atoms with Crippen LogP contribution in [0.15, 0.2) is 34.0 Å². The highest BCUT2D eigenvalue weighted by atomic mass is 16.6. The van der Waals surface area contributed by atoms with Crippen LogP contribution in [0.4, 0.5) is 5.82 Å². The van der Waals surface area contributed by atoms with Crippen molar-refractivity contribution in [3.05, 3.63) is 41.2 Å². The number of piperidine rings is 1. The minimum atomic E-state index is -0.476. The van der Waals surface area contributed by atoms with Crippen LogP contribution in [0, 0.1) is 5.92 Å². The summed E-state index contributed by atoms with van der Waals surface area (Å²) in [5.41, 5.74) is 9.91. The molecule has 12 heteroatoms. The summed E-state index contributed by atoms with van der Waals surface area (Å²) >= 11 is 0. The van der Waals surface area contributed by atoms with Crippen molar-refractivity contribution in [2.75, 3.05) is 25.9 Å². The first-order chi connectivity index (χ1) is 15.5. The van der Waals surface area contributed by atoms with Crippen LogP contribution in [-0.4, -0.2) is 57.6 Å². The van der Waals surface area contributed by atoms with Crippen molar-refractivity contribution in [1.29, 1.82) is 0 Å². The highest BCUT2D eigenvalue weighted by molar-refractivity contribution is 5.94. The van der Waals surface area contributed by atoms with Crippen LogP contribution in [-0.2, 0) is 6.54 Å². The number of nitrogen functional groups attached to an aromatic ring is 1. The Kier molecular flexibility index (Phi) is 6.40. The second-order valence-electron chi connectivity index (χ2n) is 7.85. The standard InChI is InChI=1S/C20H25N9O3/c1-13-7-9-28(10-8-13)12-16-17(23-27-29(16)19-18(21)25-32-26-19)20(30)24-22-11-14-3-5-15(31-2)6-4-14/h3-6,11,13H,7-10,12H2,1-2H3,(H2,21,25)(H,24,30)/p+1. The van der Waals surface area contributed by atoms with Crippen LogP contribution in [0.25, 0.3) is 5.82 Å². The van der Waals surface area contributed by atoms with Gasteiger partial charge in [0.05, 0.1) is 26.4 Å². The molecule has 4 rings (SSSR count). The quantitative estimate of drug-likeness (QED) is 0.338. The first-order valence-electron chi connectivity index (χ1n) is 10.4. The van der Waals surface area contributed by atoms with E-state index in [2.05, 4.69) is 38.1 Å². The van der Waals surface area contributed by atoms with Gasteiger partial charge in [-0.3, -0.25) is 4.79 Å². The van der Waals surface area contributed by atoms with Crippen LogP contribution < -0.4 is 20.8 Å². The number of methoxy groups -OCH3 is 1. The summed E-state index contributed by atoms with van der Waals surface area (Å²) in [5.74, 6) is 1.24. The summed E-state index contributed by atoms with van der Waals surface area (Å²) in [6.07, 6.45) is 3.79. The molecule has 1 aliphatic rings. The minimum Gasteiger partial charge on any atom is -0.497 e. The number of nitrogens with one attached hydrogen (secondary N) is 2. The zero-order valence-electron chi connectivity index (χ0n) is 18.0. The van der Waals surface area contributed by atoms with Crippen molar-refractivity contribution in [2.45, 2.75) is 26.3 Å². The topological polar surface area (TPSA) is 151 Å². The van der Waals surface area contributed by atoms with Crippen molar-refractivity contribution < 1.29 is 19.1 Å². The number of anilines is 1. The first-order valence-corrected chi connectivity index (χ1v) is 10.4. The van der Waals surface area contributed by atoms with E-state index in [4.69, 9.17) is 15.1 Å². The molecule has 0 bridgehead atoms. The Morgan fingerprint density at radius 1 is 1.34 bits per heavy atom. The molecule has 0 atom stereocenters. The van der Waals surface area contributed by atoms with E-state index in [0.717, 1.165) is 37.2 Å². The molecule has 0 spiro atoms. The van der Waals surface area contributed by atoms with Crippen LogP contribution in [0.1, 0.15) is 41.5 Å². The van der Waals surface area contributed by atoms with Gasteiger partial charge in [0.2, 0.25) is 11.6 Å². The van der Waals surface area contributed by atoms with Gasteiger partial charge in [-0.05, 0) is 58.9 Å². The van der Waals surface area contributed by atoms with Crippen molar-refractivity contribution in [3.8, 4) is 11.6 Å².